The lowest BCUT2D eigenvalue weighted by molar-refractivity contribution is -0.121. The first kappa shape index (κ1) is 28.8. The van der Waals surface area contributed by atoms with E-state index in [1.807, 2.05) is 74.5 Å². The third-order valence-electron chi connectivity index (χ3n) is 6.21. The van der Waals surface area contributed by atoms with Crippen molar-refractivity contribution in [3.63, 3.8) is 0 Å². The Kier molecular flexibility index (Phi) is 9.40. The van der Waals surface area contributed by atoms with E-state index in [-0.39, 0.29) is 18.0 Å². The van der Waals surface area contributed by atoms with Crippen LogP contribution in [0.1, 0.15) is 22.5 Å². The van der Waals surface area contributed by atoms with Gasteiger partial charge in [0.15, 0.2) is 0 Å². The number of nitrogens with zero attached hydrogens (tertiary/aromatic N) is 3. The lowest BCUT2D eigenvalue weighted by atomic mass is 10.1. The number of hydrogen-bond donors (Lipinski definition) is 1. The summed E-state index contributed by atoms with van der Waals surface area (Å²) in [6, 6.07) is 25.4. The molecule has 0 radical (unpaired) electrons. The van der Waals surface area contributed by atoms with Crippen LogP contribution in [-0.2, 0) is 21.2 Å². The molecule has 0 saturated heterocycles. The Morgan fingerprint density at radius 2 is 1.69 bits per heavy atom. The first-order chi connectivity index (χ1) is 18.6. The number of halogens is 2. The number of rotatable bonds is 10. The van der Waals surface area contributed by atoms with Gasteiger partial charge in [0.25, 0.3) is 5.91 Å². The highest BCUT2D eigenvalue weighted by atomic mass is 79.9. The molecule has 10 heteroatoms. The summed E-state index contributed by atoms with van der Waals surface area (Å²) in [6.45, 7) is 3.71. The molecule has 3 aromatic carbocycles. The molecule has 1 amide bonds. The highest BCUT2D eigenvalue weighted by molar-refractivity contribution is 9.10. The Bertz CT molecular complexity index is 1570. The summed E-state index contributed by atoms with van der Waals surface area (Å²) in [5.74, 6) is -0.536. The number of hydrazone groups is 1. The second-order valence-electron chi connectivity index (χ2n) is 8.96. The zero-order chi connectivity index (χ0) is 28.0. The van der Waals surface area contributed by atoms with Gasteiger partial charge in [0, 0.05) is 38.7 Å². The quantitative estimate of drug-likeness (QED) is 0.176. The highest BCUT2D eigenvalue weighted by Gasteiger charge is 2.26. The van der Waals surface area contributed by atoms with Gasteiger partial charge in [-0.2, -0.15) is 9.41 Å². The number of carbonyl (C=O) groups excluding carboxylic acids is 1. The summed E-state index contributed by atoms with van der Waals surface area (Å²) in [5, 5.41) is 4.77. The van der Waals surface area contributed by atoms with E-state index in [9.17, 15) is 13.2 Å². The second-order valence-corrected chi connectivity index (χ2v) is 12.2. The maximum Gasteiger partial charge on any atom is 0.255 e. The minimum Gasteiger partial charge on any atom is -0.318 e. The molecule has 4 aromatic rings. The first-order valence-electron chi connectivity index (χ1n) is 12.2. The topological polar surface area (TPSA) is 83.8 Å². The Morgan fingerprint density at radius 1 is 1.03 bits per heavy atom. The van der Waals surface area contributed by atoms with Gasteiger partial charge in [0.1, 0.15) is 0 Å². The predicted octanol–water partition coefficient (Wildman–Crippen LogP) is 5.89. The summed E-state index contributed by atoms with van der Waals surface area (Å²) >= 11 is 9.35. The molecule has 0 spiro atoms. The Labute approximate surface area is 242 Å². The van der Waals surface area contributed by atoms with Crippen molar-refractivity contribution in [1.29, 1.82) is 0 Å². The first-order valence-corrected chi connectivity index (χ1v) is 14.8. The molecule has 0 aliphatic rings. The number of aromatic nitrogens is 1. The molecule has 0 fully saturated rings. The van der Waals surface area contributed by atoms with Crippen LogP contribution in [-0.4, -0.2) is 42.5 Å². The van der Waals surface area contributed by atoms with Gasteiger partial charge in [-0.25, -0.2) is 13.8 Å². The number of nitrogens with one attached hydrogen (secondary N) is 1. The van der Waals surface area contributed by atoms with Gasteiger partial charge in [-0.3, -0.25) is 4.79 Å². The monoisotopic (exact) mass is 626 g/mol. The van der Waals surface area contributed by atoms with E-state index in [1.165, 1.54) is 16.4 Å². The summed E-state index contributed by atoms with van der Waals surface area (Å²) in [4.78, 5) is 13.0. The van der Waals surface area contributed by atoms with Crippen molar-refractivity contribution in [2.75, 3.05) is 13.1 Å². The van der Waals surface area contributed by atoms with Gasteiger partial charge in [-0.1, -0.05) is 57.9 Å². The Hall–Kier alpha value is -3.24. The Morgan fingerprint density at radius 3 is 2.36 bits per heavy atom. The van der Waals surface area contributed by atoms with Gasteiger partial charge in [0.05, 0.1) is 17.7 Å². The van der Waals surface area contributed by atoms with Crippen LogP contribution in [0.3, 0.4) is 0 Å². The third-order valence-corrected chi connectivity index (χ3v) is 8.85. The molecule has 202 valence electrons. The molecule has 0 atom stereocenters. The van der Waals surface area contributed by atoms with Crippen molar-refractivity contribution < 1.29 is 13.2 Å². The van der Waals surface area contributed by atoms with E-state index in [0.29, 0.717) is 11.4 Å². The van der Waals surface area contributed by atoms with E-state index >= 15 is 0 Å². The third kappa shape index (κ3) is 7.24. The predicted molar refractivity (Wildman–Crippen MR) is 159 cm³/mol. The van der Waals surface area contributed by atoms with Crippen LogP contribution < -0.4 is 5.43 Å². The molecule has 0 unspecified atom stereocenters. The molecular weight excluding hydrogens is 600 g/mol. The van der Waals surface area contributed by atoms with Crippen LogP contribution in [0.5, 0.6) is 0 Å². The fourth-order valence-corrected chi connectivity index (χ4v) is 6.00. The summed E-state index contributed by atoms with van der Waals surface area (Å²) < 4.78 is 30.8. The zero-order valence-electron chi connectivity index (χ0n) is 21.5. The highest BCUT2D eigenvalue weighted by Crippen LogP contribution is 2.22. The van der Waals surface area contributed by atoms with Crippen LogP contribution in [0.15, 0.2) is 99.4 Å². The van der Waals surface area contributed by atoms with Crippen LogP contribution in [0.25, 0.3) is 5.69 Å². The fourth-order valence-electron chi connectivity index (χ4n) is 4.21. The van der Waals surface area contributed by atoms with E-state index in [1.54, 1.807) is 18.3 Å². The summed E-state index contributed by atoms with van der Waals surface area (Å²) in [7, 11) is -3.92. The van der Waals surface area contributed by atoms with Crippen LogP contribution >= 0.6 is 27.5 Å². The van der Waals surface area contributed by atoms with E-state index in [4.69, 9.17) is 11.6 Å². The number of hydrogen-bond acceptors (Lipinski definition) is 4. The zero-order valence-corrected chi connectivity index (χ0v) is 24.7. The van der Waals surface area contributed by atoms with Gasteiger partial charge >= 0.3 is 0 Å². The fraction of sp³-hybridized carbons (Fsp3) is 0.172. The van der Waals surface area contributed by atoms with Crippen molar-refractivity contribution >= 4 is 49.7 Å². The lowest BCUT2D eigenvalue weighted by Crippen LogP contribution is -2.40. The standard InChI is InChI=1S/C29H28BrClN4O3S/c1-21-18-24(22(2)35(21)27-12-10-26(31)11-13-27)19-32-33-29(36)20-34(17-16-23-6-4-3-5-7-23)39(37,38)28-14-8-25(30)9-15-28/h3-15,18-19H,16-17,20H2,1-2H3,(H,33,36)/b32-19+. The van der Waals surface area contributed by atoms with Crippen LogP contribution in [0.4, 0.5) is 0 Å². The molecule has 0 bridgehead atoms. The number of amides is 1. The average Bonchev–Trinajstić information content (AvgIpc) is 3.20. The molecule has 0 aliphatic carbocycles. The van der Waals surface area contributed by atoms with E-state index in [2.05, 4.69) is 31.0 Å². The maximum atomic E-state index is 13.4. The number of benzene rings is 3. The van der Waals surface area contributed by atoms with Crippen molar-refractivity contribution in [1.82, 2.24) is 14.3 Å². The number of sulfonamides is 1. The molecule has 1 heterocycles. The molecule has 4 rings (SSSR count). The van der Waals surface area contributed by atoms with Gasteiger partial charge in [0.2, 0.25) is 10.0 Å². The van der Waals surface area contributed by atoms with Gasteiger partial charge in [-0.15, -0.1) is 0 Å². The van der Waals surface area contributed by atoms with E-state index in [0.717, 1.165) is 32.7 Å². The van der Waals surface area contributed by atoms with Crippen molar-refractivity contribution in [2.24, 2.45) is 5.10 Å². The van der Waals surface area contributed by atoms with Gasteiger partial charge < -0.3 is 4.57 Å². The maximum absolute atomic E-state index is 13.4. The van der Waals surface area contributed by atoms with E-state index < -0.39 is 15.9 Å². The van der Waals surface area contributed by atoms with Crippen LogP contribution in [0, 0.1) is 13.8 Å². The lowest BCUT2D eigenvalue weighted by Gasteiger charge is -2.21. The summed E-state index contributed by atoms with van der Waals surface area (Å²) in [6.07, 6.45) is 2.02. The number of aryl methyl sites for hydroxylation is 1. The normalized spacial score (nSPS) is 11.8. The van der Waals surface area contributed by atoms with Crippen molar-refractivity contribution in [3.05, 3.63) is 117 Å². The smallest absolute Gasteiger partial charge is 0.255 e. The second kappa shape index (κ2) is 12.7. The molecule has 7 nitrogen and oxygen atoms in total. The van der Waals surface area contributed by atoms with Crippen LogP contribution in [0.2, 0.25) is 5.02 Å². The van der Waals surface area contributed by atoms with Gasteiger partial charge in [-0.05, 0) is 80.4 Å². The summed E-state index contributed by atoms with van der Waals surface area (Å²) in [5.41, 5.74) is 7.18. The molecule has 39 heavy (non-hydrogen) atoms. The Balaban J connectivity index is 1.48. The molecule has 0 saturated carbocycles. The average molecular weight is 628 g/mol. The molecule has 1 N–H and O–H groups in total. The SMILES string of the molecule is Cc1cc(/C=N/NC(=O)CN(CCc2ccccc2)S(=O)(=O)c2ccc(Br)cc2)c(C)n1-c1ccc(Cl)cc1. The largest absolute Gasteiger partial charge is 0.318 e. The van der Waals surface area contributed by atoms with Crippen molar-refractivity contribution in [2.45, 2.75) is 25.2 Å². The number of carbonyl (C=O) groups is 1. The minimum atomic E-state index is -3.92. The minimum absolute atomic E-state index is 0.115. The van der Waals surface area contributed by atoms with Crippen molar-refractivity contribution in [3.8, 4) is 5.69 Å². The molecule has 1 aromatic heterocycles. The molecular formula is C29H28BrClN4O3S. The molecule has 0 aliphatic heterocycles.